The number of benzene rings is 1. The van der Waals surface area contributed by atoms with Gasteiger partial charge < -0.3 is 4.90 Å². The number of likely N-dealkylation sites (tertiary alicyclic amines) is 1. The molecule has 0 aliphatic carbocycles. The summed E-state index contributed by atoms with van der Waals surface area (Å²) in [5.41, 5.74) is 2.65. The molecule has 1 aromatic carbocycles. The van der Waals surface area contributed by atoms with E-state index in [2.05, 4.69) is 4.98 Å². The normalized spacial score (nSPS) is 14.6. The molecule has 2 aromatic rings. The molecule has 0 saturated carbocycles. The Bertz CT molecular complexity index is 635. The van der Waals surface area contributed by atoms with Crippen LogP contribution in [0.1, 0.15) is 16.8 Å². The molecule has 3 rings (SSSR count). The number of amides is 1. The first-order chi connectivity index (χ1) is 9.74. The van der Waals surface area contributed by atoms with E-state index in [4.69, 9.17) is 0 Å². The van der Waals surface area contributed by atoms with Gasteiger partial charge in [-0.3, -0.25) is 14.6 Å². The molecule has 0 bridgehead atoms. The van der Waals surface area contributed by atoms with E-state index >= 15 is 0 Å². The number of hydrogen-bond donors (Lipinski definition) is 0. The summed E-state index contributed by atoms with van der Waals surface area (Å²) in [5, 5.41) is 0. The number of nitrogens with zero attached hydrogens (tertiary/aromatic N) is 2. The van der Waals surface area contributed by atoms with Gasteiger partial charge in [0.2, 0.25) is 0 Å². The predicted molar refractivity (Wildman–Crippen MR) is 75.2 cm³/mol. The van der Waals surface area contributed by atoms with Crippen LogP contribution < -0.4 is 0 Å². The van der Waals surface area contributed by atoms with Gasteiger partial charge in [0, 0.05) is 30.9 Å². The SMILES string of the molecule is O=C1CCN(C(=O)c2ccc(-c3cccnc3)cc2)C1. The highest BCUT2D eigenvalue weighted by Crippen LogP contribution is 2.19. The van der Waals surface area contributed by atoms with Crippen LogP contribution in [0.25, 0.3) is 11.1 Å². The monoisotopic (exact) mass is 266 g/mol. The number of carbonyl (C=O) groups excluding carboxylic acids is 2. The maximum Gasteiger partial charge on any atom is 0.254 e. The average Bonchev–Trinajstić information content (AvgIpc) is 2.94. The van der Waals surface area contributed by atoms with E-state index in [1.807, 2.05) is 24.3 Å². The Morgan fingerprint density at radius 2 is 1.90 bits per heavy atom. The number of ketones is 1. The fourth-order valence-electron chi connectivity index (χ4n) is 2.33. The van der Waals surface area contributed by atoms with Gasteiger partial charge in [-0.15, -0.1) is 0 Å². The van der Waals surface area contributed by atoms with Crippen molar-refractivity contribution < 1.29 is 9.59 Å². The van der Waals surface area contributed by atoms with E-state index in [0.717, 1.165) is 11.1 Å². The van der Waals surface area contributed by atoms with Crippen molar-refractivity contribution in [1.82, 2.24) is 9.88 Å². The molecule has 4 heteroatoms. The van der Waals surface area contributed by atoms with E-state index < -0.39 is 0 Å². The van der Waals surface area contributed by atoms with E-state index in [-0.39, 0.29) is 18.2 Å². The second-order valence-electron chi connectivity index (χ2n) is 4.83. The highest BCUT2D eigenvalue weighted by Gasteiger charge is 2.24. The first kappa shape index (κ1) is 12.5. The van der Waals surface area contributed by atoms with Crippen LogP contribution in [0.5, 0.6) is 0 Å². The van der Waals surface area contributed by atoms with Crippen molar-refractivity contribution in [2.24, 2.45) is 0 Å². The fourth-order valence-corrected chi connectivity index (χ4v) is 2.33. The molecule has 0 atom stereocenters. The van der Waals surface area contributed by atoms with Gasteiger partial charge in [-0.2, -0.15) is 0 Å². The molecule has 20 heavy (non-hydrogen) atoms. The molecule has 0 spiro atoms. The highest BCUT2D eigenvalue weighted by molar-refractivity contribution is 5.98. The standard InChI is InChI=1S/C16H14N2O2/c19-15-7-9-18(11-15)16(20)13-5-3-12(4-6-13)14-2-1-8-17-10-14/h1-6,8,10H,7,9,11H2. The van der Waals surface area contributed by atoms with Crippen molar-refractivity contribution >= 4 is 11.7 Å². The lowest BCUT2D eigenvalue weighted by molar-refractivity contribution is -0.116. The molecule has 0 unspecified atom stereocenters. The maximum atomic E-state index is 12.2. The summed E-state index contributed by atoms with van der Waals surface area (Å²) in [4.78, 5) is 29.1. The number of rotatable bonds is 2. The van der Waals surface area contributed by atoms with Crippen LogP contribution in [0.4, 0.5) is 0 Å². The average molecular weight is 266 g/mol. The molecule has 1 saturated heterocycles. The molecule has 1 aromatic heterocycles. The van der Waals surface area contributed by atoms with Crippen LogP contribution >= 0.6 is 0 Å². The zero-order valence-electron chi connectivity index (χ0n) is 11.0. The highest BCUT2D eigenvalue weighted by atomic mass is 16.2. The molecule has 4 nitrogen and oxygen atoms in total. The number of hydrogen-bond acceptors (Lipinski definition) is 3. The molecule has 1 aliphatic heterocycles. The van der Waals surface area contributed by atoms with Crippen LogP contribution in [0.3, 0.4) is 0 Å². The van der Waals surface area contributed by atoms with Crippen LogP contribution in [0.15, 0.2) is 48.8 Å². The Kier molecular flexibility index (Phi) is 3.29. The van der Waals surface area contributed by atoms with Crippen LogP contribution in [0.2, 0.25) is 0 Å². The molecule has 1 amide bonds. The van der Waals surface area contributed by atoms with Crippen LogP contribution in [-0.4, -0.2) is 34.7 Å². The first-order valence-electron chi connectivity index (χ1n) is 6.55. The summed E-state index contributed by atoms with van der Waals surface area (Å²) in [6.07, 6.45) is 3.99. The van der Waals surface area contributed by atoms with Crippen molar-refractivity contribution in [1.29, 1.82) is 0 Å². The molecule has 1 aliphatic rings. The number of carbonyl (C=O) groups is 2. The topological polar surface area (TPSA) is 50.3 Å². The van der Waals surface area contributed by atoms with Gasteiger partial charge in [-0.1, -0.05) is 18.2 Å². The van der Waals surface area contributed by atoms with Gasteiger partial charge in [0.1, 0.15) is 0 Å². The summed E-state index contributed by atoms with van der Waals surface area (Å²) in [7, 11) is 0. The smallest absolute Gasteiger partial charge is 0.254 e. The Morgan fingerprint density at radius 3 is 2.50 bits per heavy atom. The van der Waals surface area contributed by atoms with Gasteiger partial charge in [-0.25, -0.2) is 0 Å². The van der Waals surface area contributed by atoms with E-state index in [9.17, 15) is 9.59 Å². The molecule has 100 valence electrons. The lowest BCUT2D eigenvalue weighted by Gasteiger charge is -2.14. The third-order valence-corrected chi connectivity index (χ3v) is 3.44. The summed E-state index contributed by atoms with van der Waals surface area (Å²) in [5.74, 6) is 0.0546. The summed E-state index contributed by atoms with van der Waals surface area (Å²) >= 11 is 0. The van der Waals surface area contributed by atoms with Gasteiger partial charge in [0.25, 0.3) is 5.91 Å². The van der Waals surface area contributed by atoms with Crippen LogP contribution in [0, 0.1) is 0 Å². The molecule has 1 fully saturated rings. The quantitative estimate of drug-likeness (QED) is 0.837. The Labute approximate surface area is 117 Å². The van der Waals surface area contributed by atoms with Crippen molar-refractivity contribution in [3.63, 3.8) is 0 Å². The molecule has 0 N–H and O–H groups in total. The Hall–Kier alpha value is -2.49. The third-order valence-electron chi connectivity index (χ3n) is 3.44. The Morgan fingerprint density at radius 1 is 1.10 bits per heavy atom. The van der Waals surface area contributed by atoms with Crippen molar-refractivity contribution in [3.05, 3.63) is 54.4 Å². The fraction of sp³-hybridized carbons (Fsp3) is 0.188. The third kappa shape index (κ3) is 2.45. The molecular formula is C16H14N2O2. The summed E-state index contributed by atoms with van der Waals surface area (Å²) in [6.45, 7) is 0.769. The lowest BCUT2D eigenvalue weighted by atomic mass is 10.1. The van der Waals surface area contributed by atoms with Gasteiger partial charge in [0.15, 0.2) is 5.78 Å². The number of pyridine rings is 1. The number of aromatic nitrogens is 1. The minimum absolute atomic E-state index is 0.0754. The summed E-state index contributed by atoms with van der Waals surface area (Å²) in [6, 6.07) is 11.3. The van der Waals surface area contributed by atoms with Crippen molar-refractivity contribution in [2.75, 3.05) is 13.1 Å². The molecular weight excluding hydrogens is 252 g/mol. The number of Topliss-reactive ketones (excluding diaryl/α,β-unsaturated/α-hetero) is 1. The van der Waals surface area contributed by atoms with E-state index in [1.165, 1.54) is 0 Å². The van der Waals surface area contributed by atoms with Gasteiger partial charge in [0.05, 0.1) is 6.54 Å². The Balaban J connectivity index is 1.79. The maximum absolute atomic E-state index is 12.2. The first-order valence-corrected chi connectivity index (χ1v) is 6.55. The minimum atomic E-state index is -0.0754. The lowest BCUT2D eigenvalue weighted by Crippen LogP contribution is -2.28. The molecule has 0 radical (unpaired) electrons. The largest absolute Gasteiger partial charge is 0.331 e. The van der Waals surface area contributed by atoms with Crippen molar-refractivity contribution in [3.8, 4) is 11.1 Å². The zero-order valence-corrected chi connectivity index (χ0v) is 11.0. The van der Waals surface area contributed by atoms with E-state index in [0.29, 0.717) is 18.5 Å². The predicted octanol–water partition coefficient (Wildman–Crippen LogP) is 2.16. The molecule has 2 heterocycles. The minimum Gasteiger partial charge on any atom is -0.331 e. The second-order valence-corrected chi connectivity index (χ2v) is 4.83. The van der Waals surface area contributed by atoms with Crippen molar-refractivity contribution in [2.45, 2.75) is 6.42 Å². The van der Waals surface area contributed by atoms with Gasteiger partial charge >= 0.3 is 0 Å². The summed E-state index contributed by atoms with van der Waals surface area (Å²) < 4.78 is 0. The van der Waals surface area contributed by atoms with E-state index in [1.54, 1.807) is 29.4 Å². The van der Waals surface area contributed by atoms with Gasteiger partial charge in [-0.05, 0) is 29.3 Å². The van der Waals surface area contributed by atoms with Crippen LogP contribution in [-0.2, 0) is 4.79 Å². The zero-order chi connectivity index (χ0) is 13.9. The second kappa shape index (κ2) is 5.25.